The summed E-state index contributed by atoms with van der Waals surface area (Å²) in [7, 11) is 0. The van der Waals surface area contributed by atoms with Gasteiger partial charge in [0.1, 0.15) is 0 Å². The Bertz CT molecular complexity index is 792. The molecular formula is C17H15NO2. The SMILES string of the molecule is Cc1ccc2[nH]c(-c3ccco3)c(C(=O)C3CC3)c2c1. The van der Waals surface area contributed by atoms with Crippen molar-refractivity contribution in [2.75, 3.05) is 0 Å². The number of benzene rings is 1. The maximum atomic E-state index is 12.6. The number of aromatic amines is 1. The van der Waals surface area contributed by atoms with E-state index in [0.717, 1.165) is 46.3 Å². The van der Waals surface area contributed by atoms with Crippen molar-refractivity contribution in [1.29, 1.82) is 0 Å². The van der Waals surface area contributed by atoms with Crippen LogP contribution in [-0.4, -0.2) is 10.8 Å². The predicted molar refractivity (Wildman–Crippen MR) is 77.8 cm³/mol. The highest BCUT2D eigenvalue weighted by atomic mass is 16.3. The molecule has 3 nitrogen and oxygen atoms in total. The highest BCUT2D eigenvalue weighted by molar-refractivity contribution is 6.14. The smallest absolute Gasteiger partial charge is 0.168 e. The normalized spacial score (nSPS) is 14.8. The molecule has 1 aromatic carbocycles. The molecule has 4 rings (SSSR count). The van der Waals surface area contributed by atoms with E-state index in [0.29, 0.717) is 0 Å². The van der Waals surface area contributed by atoms with Crippen LogP contribution in [0.15, 0.2) is 41.0 Å². The molecule has 0 amide bonds. The minimum atomic E-state index is 0.197. The molecule has 2 aromatic heterocycles. The third kappa shape index (κ3) is 1.70. The van der Waals surface area contributed by atoms with Crippen molar-refractivity contribution in [1.82, 2.24) is 4.98 Å². The fourth-order valence-electron chi connectivity index (χ4n) is 2.72. The second-order valence-electron chi connectivity index (χ2n) is 5.54. The lowest BCUT2D eigenvalue weighted by Gasteiger charge is -2.01. The van der Waals surface area contributed by atoms with Crippen LogP contribution in [0.1, 0.15) is 28.8 Å². The van der Waals surface area contributed by atoms with Crippen LogP contribution in [0.4, 0.5) is 0 Å². The number of Topliss-reactive ketones (excluding diaryl/α,β-unsaturated/α-hetero) is 1. The topological polar surface area (TPSA) is 46.0 Å². The summed E-state index contributed by atoms with van der Waals surface area (Å²) in [4.78, 5) is 16.0. The number of H-pyrrole nitrogens is 1. The van der Waals surface area contributed by atoms with Crippen LogP contribution in [0.3, 0.4) is 0 Å². The monoisotopic (exact) mass is 265 g/mol. The average molecular weight is 265 g/mol. The van der Waals surface area contributed by atoms with Gasteiger partial charge in [-0.25, -0.2) is 0 Å². The first-order valence-corrected chi connectivity index (χ1v) is 6.94. The number of ketones is 1. The molecule has 2 heterocycles. The summed E-state index contributed by atoms with van der Waals surface area (Å²) in [6.07, 6.45) is 3.65. The number of aromatic nitrogens is 1. The van der Waals surface area contributed by atoms with Crippen LogP contribution in [0, 0.1) is 12.8 Å². The van der Waals surface area contributed by atoms with Gasteiger partial charge >= 0.3 is 0 Å². The van der Waals surface area contributed by atoms with Gasteiger partial charge in [0, 0.05) is 16.8 Å². The molecule has 0 aliphatic heterocycles. The summed E-state index contributed by atoms with van der Waals surface area (Å²) in [5, 5.41) is 1.01. The summed E-state index contributed by atoms with van der Waals surface area (Å²) in [5.41, 5.74) is 3.76. The van der Waals surface area contributed by atoms with Gasteiger partial charge in [0.05, 0.1) is 17.5 Å². The minimum Gasteiger partial charge on any atom is -0.463 e. The number of carbonyl (C=O) groups excluding carboxylic acids is 1. The fraction of sp³-hybridized carbons (Fsp3) is 0.235. The quantitative estimate of drug-likeness (QED) is 0.716. The Morgan fingerprint density at radius 2 is 2.15 bits per heavy atom. The molecule has 1 aliphatic carbocycles. The lowest BCUT2D eigenvalue weighted by atomic mass is 10.0. The Morgan fingerprint density at radius 3 is 2.85 bits per heavy atom. The average Bonchev–Trinajstić information content (AvgIpc) is 3.01. The number of carbonyl (C=O) groups is 1. The lowest BCUT2D eigenvalue weighted by molar-refractivity contribution is 0.0970. The Hall–Kier alpha value is -2.29. The number of aryl methyl sites for hydroxylation is 1. The number of nitrogens with one attached hydrogen (secondary N) is 1. The number of hydrogen-bond donors (Lipinski definition) is 1. The van der Waals surface area contributed by atoms with Gasteiger partial charge < -0.3 is 9.40 Å². The fourth-order valence-corrected chi connectivity index (χ4v) is 2.72. The molecule has 1 N–H and O–H groups in total. The van der Waals surface area contributed by atoms with Crippen molar-refractivity contribution in [2.45, 2.75) is 19.8 Å². The zero-order chi connectivity index (χ0) is 13.7. The van der Waals surface area contributed by atoms with Crippen molar-refractivity contribution in [3.8, 4) is 11.5 Å². The lowest BCUT2D eigenvalue weighted by Crippen LogP contribution is -2.02. The van der Waals surface area contributed by atoms with E-state index in [2.05, 4.69) is 17.1 Å². The molecule has 0 spiro atoms. The molecule has 0 radical (unpaired) electrons. The zero-order valence-electron chi connectivity index (χ0n) is 11.3. The Balaban J connectivity index is 2.01. The molecule has 20 heavy (non-hydrogen) atoms. The van der Waals surface area contributed by atoms with Gasteiger partial charge in [0.2, 0.25) is 0 Å². The molecule has 1 fully saturated rings. The predicted octanol–water partition coefficient (Wildman–Crippen LogP) is 4.33. The molecular weight excluding hydrogens is 250 g/mol. The highest BCUT2D eigenvalue weighted by Crippen LogP contribution is 2.39. The maximum absolute atomic E-state index is 12.6. The van der Waals surface area contributed by atoms with Gasteiger partial charge in [-0.2, -0.15) is 0 Å². The van der Waals surface area contributed by atoms with E-state index in [1.165, 1.54) is 0 Å². The molecule has 0 bridgehead atoms. The third-order valence-corrected chi connectivity index (χ3v) is 3.92. The van der Waals surface area contributed by atoms with Gasteiger partial charge in [-0.05, 0) is 44.0 Å². The molecule has 0 atom stereocenters. The number of furan rings is 1. The summed E-state index contributed by atoms with van der Waals surface area (Å²) in [5.74, 6) is 1.17. The number of fused-ring (bicyclic) bond motifs is 1. The van der Waals surface area contributed by atoms with Crippen LogP contribution >= 0.6 is 0 Å². The summed E-state index contributed by atoms with van der Waals surface area (Å²) >= 11 is 0. The molecule has 1 saturated carbocycles. The second-order valence-corrected chi connectivity index (χ2v) is 5.54. The molecule has 1 aliphatic rings. The standard InChI is InChI=1S/C17H15NO2/c1-10-4-7-13-12(9-10)15(17(19)11-5-6-11)16(18-13)14-3-2-8-20-14/h2-4,7-9,11,18H,5-6H2,1H3. The van der Waals surface area contributed by atoms with Crippen molar-refractivity contribution >= 4 is 16.7 Å². The van der Waals surface area contributed by atoms with Crippen LogP contribution < -0.4 is 0 Å². The van der Waals surface area contributed by atoms with Crippen molar-refractivity contribution < 1.29 is 9.21 Å². The second kappa shape index (κ2) is 4.10. The first-order chi connectivity index (χ1) is 9.74. The van der Waals surface area contributed by atoms with Gasteiger partial charge in [-0.3, -0.25) is 4.79 Å². The van der Waals surface area contributed by atoms with Crippen LogP contribution in [0.2, 0.25) is 0 Å². The Kier molecular flexibility index (Phi) is 2.36. The summed E-state index contributed by atoms with van der Waals surface area (Å²) in [6, 6.07) is 9.89. The van der Waals surface area contributed by atoms with Gasteiger partial charge in [-0.15, -0.1) is 0 Å². The van der Waals surface area contributed by atoms with Crippen LogP contribution in [0.5, 0.6) is 0 Å². The molecule has 3 aromatic rings. The molecule has 3 heteroatoms. The van der Waals surface area contributed by atoms with E-state index in [-0.39, 0.29) is 11.7 Å². The van der Waals surface area contributed by atoms with E-state index in [1.807, 2.05) is 25.1 Å². The Morgan fingerprint density at radius 1 is 1.30 bits per heavy atom. The summed E-state index contributed by atoms with van der Waals surface area (Å²) in [6.45, 7) is 2.05. The maximum Gasteiger partial charge on any atom is 0.168 e. The third-order valence-electron chi connectivity index (χ3n) is 3.92. The van der Waals surface area contributed by atoms with Gasteiger partial charge in [-0.1, -0.05) is 11.6 Å². The van der Waals surface area contributed by atoms with Gasteiger partial charge in [0.15, 0.2) is 11.5 Å². The number of rotatable bonds is 3. The minimum absolute atomic E-state index is 0.197. The van der Waals surface area contributed by atoms with Crippen molar-refractivity contribution in [2.24, 2.45) is 5.92 Å². The molecule has 100 valence electrons. The van der Waals surface area contributed by atoms with Gasteiger partial charge in [0.25, 0.3) is 0 Å². The Labute approximate surface area is 116 Å². The van der Waals surface area contributed by atoms with E-state index in [1.54, 1.807) is 6.26 Å². The van der Waals surface area contributed by atoms with E-state index < -0.39 is 0 Å². The molecule has 0 saturated heterocycles. The van der Waals surface area contributed by atoms with Crippen molar-refractivity contribution in [3.05, 3.63) is 47.7 Å². The number of hydrogen-bond acceptors (Lipinski definition) is 2. The van der Waals surface area contributed by atoms with E-state index >= 15 is 0 Å². The van der Waals surface area contributed by atoms with Crippen molar-refractivity contribution in [3.63, 3.8) is 0 Å². The van der Waals surface area contributed by atoms with Crippen LogP contribution in [0.25, 0.3) is 22.4 Å². The van der Waals surface area contributed by atoms with Crippen LogP contribution in [-0.2, 0) is 0 Å². The largest absolute Gasteiger partial charge is 0.463 e. The molecule has 0 unspecified atom stereocenters. The highest BCUT2D eigenvalue weighted by Gasteiger charge is 2.34. The first-order valence-electron chi connectivity index (χ1n) is 6.94. The van der Waals surface area contributed by atoms with E-state index in [9.17, 15) is 4.79 Å². The zero-order valence-corrected chi connectivity index (χ0v) is 11.3. The summed E-state index contributed by atoms with van der Waals surface area (Å²) < 4.78 is 5.49. The van der Waals surface area contributed by atoms with E-state index in [4.69, 9.17) is 4.42 Å². The first kappa shape index (κ1) is 11.5.